The van der Waals surface area contributed by atoms with Crippen LogP contribution in [0.25, 0.3) is 0 Å². The molecule has 0 bridgehead atoms. The van der Waals surface area contributed by atoms with E-state index in [2.05, 4.69) is 47.2 Å². The first kappa shape index (κ1) is 16.6. The maximum atomic E-state index is 12.5. The highest BCUT2D eigenvalue weighted by Crippen LogP contribution is 2.28. The molecular formula is C18H20BrNO2. The number of aryl methyl sites for hydroxylation is 2. The van der Waals surface area contributed by atoms with Gasteiger partial charge in [-0.1, -0.05) is 29.8 Å². The van der Waals surface area contributed by atoms with Gasteiger partial charge in [0.15, 0.2) is 0 Å². The SMILES string of the molecule is CCc1cc(Br)cc(CC)c1NC(=O)c1ccc(OC)cc1. The van der Waals surface area contributed by atoms with Gasteiger partial charge >= 0.3 is 0 Å². The Morgan fingerprint density at radius 2 is 1.64 bits per heavy atom. The van der Waals surface area contributed by atoms with Crippen molar-refractivity contribution in [2.24, 2.45) is 0 Å². The number of methoxy groups -OCH3 is 1. The van der Waals surface area contributed by atoms with Crippen LogP contribution in [0.3, 0.4) is 0 Å². The van der Waals surface area contributed by atoms with Crippen LogP contribution in [0.5, 0.6) is 5.75 Å². The molecule has 0 heterocycles. The molecule has 0 atom stereocenters. The smallest absolute Gasteiger partial charge is 0.255 e. The fourth-order valence-electron chi connectivity index (χ4n) is 2.37. The third kappa shape index (κ3) is 3.69. The first-order valence-corrected chi connectivity index (χ1v) is 8.15. The molecule has 0 aliphatic rings. The van der Waals surface area contributed by atoms with Gasteiger partial charge < -0.3 is 10.1 Å². The zero-order chi connectivity index (χ0) is 16.1. The molecule has 22 heavy (non-hydrogen) atoms. The molecule has 1 amide bonds. The lowest BCUT2D eigenvalue weighted by Gasteiger charge is -2.15. The fraction of sp³-hybridized carbons (Fsp3) is 0.278. The summed E-state index contributed by atoms with van der Waals surface area (Å²) in [7, 11) is 1.61. The summed E-state index contributed by atoms with van der Waals surface area (Å²) in [4.78, 5) is 12.5. The monoisotopic (exact) mass is 361 g/mol. The Hall–Kier alpha value is -1.81. The average Bonchev–Trinajstić information content (AvgIpc) is 2.55. The van der Waals surface area contributed by atoms with Crippen molar-refractivity contribution in [1.29, 1.82) is 0 Å². The highest BCUT2D eigenvalue weighted by atomic mass is 79.9. The van der Waals surface area contributed by atoms with Gasteiger partial charge in [-0.25, -0.2) is 0 Å². The number of hydrogen-bond acceptors (Lipinski definition) is 2. The average molecular weight is 362 g/mol. The molecule has 0 fully saturated rings. The van der Waals surface area contributed by atoms with Gasteiger partial charge in [-0.2, -0.15) is 0 Å². The van der Waals surface area contributed by atoms with Gasteiger partial charge in [0.2, 0.25) is 0 Å². The Kier molecular flexibility index (Phi) is 5.61. The molecule has 116 valence electrons. The minimum atomic E-state index is -0.102. The largest absolute Gasteiger partial charge is 0.497 e. The van der Waals surface area contributed by atoms with Crippen LogP contribution in [0.15, 0.2) is 40.9 Å². The first-order chi connectivity index (χ1) is 10.6. The van der Waals surface area contributed by atoms with Crippen LogP contribution in [0.1, 0.15) is 35.3 Å². The molecule has 1 N–H and O–H groups in total. The number of carbonyl (C=O) groups is 1. The van der Waals surface area contributed by atoms with Crippen molar-refractivity contribution in [3.63, 3.8) is 0 Å². The van der Waals surface area contributed by atoms with E-state index in [1.54, 1.807) is 31.4 Å². The summed E-state index contributed by atoms with van der Waals surface area (Å²) in [6, 6.07) is 11.2. The normalized spacial score (nSPS) is 10.4. The van der Waals surface area contributed by atoms with Gasteiger partial charge in [0.25, 0.3) is 5.91 Å². The molecule has 3 nitrogen and oxygen atoms in total. The molecule has 0 aliphatic heterocycles. The van der Waals surface area contributed by atoms with Crippen LogP contribution in [0.4, 0.5) is 5.69 Å². The van der Waals surface area contributed by atoms with Gasteiger partial charge in [-0.05, 0) is 60.4 Å². The van der Waals surface area contributed by atoms with Crippen LogP contribution in [-0.4, -0.2) is 13.0 Å². The van der Waals surface area contributed by atoms with Crippen molar-refractivity contribution in [3.8, 4) is 5.75 Å². The van der Waals surface area contributed by atoms with Crippen LogP contribution in [-0.2, 0) is 12.8 Å². The summed E-state index contributed by atoms with van der Waals surface area (Å²) >= 11 is 3.53. The van der Waals surface area contributed by atoms with Crippen LogP contribution in [0.2, 0.25) is 0 Å². The predicted octanol–water partition coefficient (Wildman–Crippen LogP) is 4.83. The van der Waals surface area contributed by atoms with Crippen molar-refractivity contribution in [1.82, 2.24) is 0 Å². The molecular weight excluding hydrogens is 342 g/mol. The van der Waals surface area contributed by atoms with Gasteiger partial charge in [0.05, 0.1) is 7.11 Å². The molecule has 0 unspecified atom stereocenters. The van der Waals surface area contributed by atoms with Crippen molar-refractivity contribution in [2.45, 2.75) is 26.7 Å². The number of anilines is 1. The van der Waals surface area contributed by atoms with E-state index in [-0.39, 0.29) is 5.91 Å². The third-order valence-corrected chi connectivity index (χ3v) is 4.08. The van der Waals surface area contributed by atoms with Gasteiger partial charge in [-0.15, -0.1) is 0 Å². The summed E-state index contributed by atoms with van der Waals surface area (Å²) in [6.45, 7) is 4.18. The maximum absolute atomic E-state index is 12.5. The molecule has 0 saturated carbocycles. The number of ether oxygens (including phenoxy) is 1. The minimum absolute atomic E-state index is 0.102. The predicted molar refractivity (Wildman–Crippen MR) is 93.8 cm³/mol. The van der Waals surface area contributed by atoms with Gasteiger partial charge in [0.1, 0.15) is 5.75 Å². The molecule has 2 aromatic carbocycles. The van der Waals surface area contributed by atoms with E-state index in [4.69, 9.17) is 4.74 Å². The van der Waals surface area contributed by atoms with E-state index in [1.165, 1.54) is 0 Å². The summed E-state index contributed by atoms with van der Waals surface area (Å²) in [5.41, 5.74) is 3.81. The van der Waals surface area contributed by atoms with Crippen molar-refractivity contribution < 1.29 is 9.53 Å². The zero-order valence-corrected chi connectivity index (χ0v) is 14.7. The second-order valence-corrected chi connectivity index (χ2v) is 5.90. The Labute approximate surface area is 139 Å². The van der Waals surface area contributed by atoms with E-state index in [9.17, 15) is 4.79 Å². The lowest BCUT2D eigenvalue weighted by atomic mass is 10.0. The lowest BCUT2D eigenvalue weighted by molar-refractivity contribution is 0.102. The van der Waals surface area contributed by atoms with Crippen LogP contribution >= 0.6 is 15.9 Å². The molecule has 4 heteroatoms. The third-order valence-electron chi connectivity index (χ3n) is 3.62. The molecule has 0 radical (unpaired) electrons. The van der Waals surface area contributed by atoms with Gasteiger partial charge in [0, 0.05) is 15.7 Å². The molecule has 0 aliphatic carbocycles. The Balaban J connectivity index is 2.30. The fourth-order valence-corrected chi connectivity index (χ4v) is 2.92. The summed E-state index contributed by atoms with van der Waals surface area (Å²) in [5.74, 6) is 0.637. The first-order valence-electron chi connectivity index (χ1n) is 7.35. The minimum Gasteiger partial charge on any atom is -0.497 e. The Morgan fingerprint density at radius 3 is 2.09 bits per heavy atom. The Bertz CT molecular complexity index is 640. The van der Waals surface area contributed by atoms with Crippen molar-refractivity contribution >= 4 is 27.5 Å². The highest BCUT2D eigenvalue weighted by molar-refractivity contribution is 9.10. The van der Waals surface area contributed by atoms with Crippen LogP contribution < -0.4 is 10.1 Å². The van der Waals surface area contributed by atoms with E-state index in [1.807, 2.05) is 0 Å². The maximum Gasteiger partial charge on any atom is 0.255 e. The van der Waals surface area contributed by atoms with E-state index in [0.29, 0.717) is 5.56 Å². The number of rotatable bonds is 5. The number of hydrogen-bond donors (Lipinski definition) is 1. The standard InChI is InChI=1S/C18H20BrNO2/c1-4-12-10-15(19)11-13(5-2)17(12)20-18(21)14-6-8-16(22-3)9-7-14/h6-11H,4-5H2,1-3H3,(H,20,21). The number of nitrogens with one attached hydrogen (secondary N) is 1. The number of carbonyl (C=O) groups excluding carboxylic acids is 1. The quantitative estimate of drug-likeness (QED) is 0.827. The second-order valence-electron chi connectivity index (χ2n) is 4.99. The number of benzene rings is 2. The molecule has 0 saturated heterocycles. The van der Waals surface area contributed by atoms with Crippen molar-refractivity contribution in [3.05, 3.63) is 57.6 Å². The van der Waals surface area contributed by atoms with E-state index < -0.39 is 0 Å². The van der Waals surface area contributed by atoms with Gasteiger partial charge in [-0.3, -0.25) is 4.79 Å². The lowest BCUT2D eigenvalue weighted by Crippen LogP contribution is -2.15. The van der Waals surface area contributed by atoms with E-state index >= 15 is 0 Å². The highest BCUT2D eigenvalue weighted by Gasteiger charge is 2.13. The van der Waals surface area contributed by atoms with Crippen molar-refractivity contribution in [2.75, 3.05) is 12.4 Å². The topological polar surface area (TPSA) is 38.3 Å². The number of halogens is 1. The number of amides is 1. The summed E-state index contributed by atoms with van der Waals surface area (Å²) in [5, 5.41) is 3.06. The van der Waals surface area contributed by atoms with Crippen LogP contribution in [0, 0.1) is 0 Å². The molecule has 0 aromatic heterocycles. The Morgan fingerprint density at radius 1 is 1.09 bits per heavy atom. The van der Waals surface area contributed by atoms with E-state index in [0.717, 1.165) is 39.9 Å². The zero-order valence-electron chi connectivity index (χ0n) is 13.1. The summed E-state index contributed by atoms with van der Waals surface area (Å²) < 4.78 is 6.16. The molecule has 2 aromatic rings. The molecule has 0 spiro atoms. The second kappa shape index (κ2) is 7.45. The summed E-state index contributed by atoms with van der Waals surface area (Å²) in [6.07, 6.45) is 1.73. The molecule has 2 rings (SSSR count).